The molecule has 1 aromatic heterocycles. The van der Waals surface area contributed by atoms with E-state index < -0.39 is 21.9 Å². The van der Waals surface area contributed by atoms with Crippen molar-refractivity contribution in [3.8, 4) is 5.75 Å². The molecule has 0 saturated heterocycles. The Labute approximate surface area is 216 Å². The lowest BCUT2D eigenvalue weighted by Gasteiger charge is -2.37. The number of carbonyl (C=O) groups is 1. The summed E-state index contributed by atoms with van der Waals surface area (Å²) in [6, 6.07) is 14.0. The van der Waals surface area contributed by atoms with Crippen LogP contribution in [0.4, 0.5) is 4.39 Å². The molecule has 2 atom stereocenters. The standard InChI is InChI=1S/C27H31FN2O4S2/c1-4-20(3)30(36(32,33)21-11-9-19(2)10-12-21)17-27(31)29-15-13-26-22(14-16-35-26)24(29)18-34-25-8-6-5-7-23(25)28/h5-12,14,16,20,24H,4,13,15,17-18H2,1-3H3/t20-,24+/m1/s1. The van der Waals surface area contributed by atoms with Crippen molar-refractivity contribution in [2.24, 2.45) is 0 Å². The van der Waals surface area contributed by atoms with Crippen LogP contribution in [0.25, 0.3) is 0 Å². The molecule has 1 amide bonds. The quantitative estimate of drug-likeness (QED) is 0.382. The Hall–Kier alpha value is -2.75. The maximum absolute atomic E-state index is 14.2. The van der Waals surface area contributed by atoms with Gasteiger partial charge in [0, 0.05) is 17.5 Å². The maximum Gasteiger partial charge on any atom is 0.243 e. The van der Waals surface area contributed by atoms with E-state index in [1.807, 2.05) is 32.2 Å². The predicted octanol–water partition coefficient (Wildman–Crippen LogP) is 5.19. The van der Waals surface area contributed by atoms with Gasteiger partial charge in [-0.3, -0.25) is 4.79 Å². The molecular formula is C27H31FN2O4S2. The summed E-state index contributed by atoms with van der Waals surface area (Å²) < 4.78 is 48.4. The van der Waals surface area contributed by atoms with Crippen molar-refractivity contribution < 1.29 is 22.3 Å². The first kappa shape index (κ1) is 26.3. The second-order valence-corrected chi connectivity index (χ2v) is 11.9. The third kappa shape index (κ3) is 5.48. The number of fused-ring (bicyclic) bond motifs is 1. The molecular weight excluding hydrogens is 499 g/mol. The predicted molar refractivity (Wildman–Crippen MR) is 139 cm³/mol. The van der Waals surface area contributed by atoms with Crippen molar-refractivity contribution in [2.75, 3.05) is 19.7 Å². The van der Waals surface area contributed by atoms with Gasteiger partial charge in [-0.15, -0.1) is 11.3 Å². The van der Waals surface area contributed by atoms with Gasteiger partial charge in [0.15, 0.2) is 11.6 Å². The number of sulfonamides is 1. The molecule has 0 fully saturated rings. The van der Waals surface area contributed by atoms with E-state index in [1.54, 1.807) is 58.7 Å². The number of nitrogens with zero attached hydrogens (tertiary/aromatic N) is 2. The molecule has 3 aromatic rings. The number of halogens is 1. The lowest BCUT2D eigenvalue weighted by atomic mass is 10.0. The fourth-order valence-electron chi connectivity index (χ4n) is 4.36. The van der Waals surface area contributed by atoms with Gasteiger partial charge in [-0.1, -0.05) is 36.8 Å². The van der Waals surface area contributed by atoms with E-state index in [-0.39, 0.29) is 35.7 Å². The van der Waals surface area contributed by atoms with E-state index in [0.717, 1.165) is 16.0 Å². The molecule has 0 N–H and O–H groups in total. The highest BCUT2D eigenvalue weighted by atomic mass is 32.2. The highest BCUT2D eigenvalue weighted by molar-refractivity contribution is 7.89. The Kier molecular flexibility index (Phi) is 8.12. The zero-order valence-corrected chi connectivity index (χ0v) is 22.3. The van der Waals surface area contributed by atoms with Crippen LogP contribution < -0.4 is 4.74 Å². The lowest BCUT2D eigenvalue weighted by molar-refractivity contribution is -0.135. The number of carbonyl (C=O) groups excluding carboxylic acids is 1. The van der Waals surface area contributed by atoms with Gasteiger partial charge in [0.1, 0.15) is 6.61 Å². The Morgan fingerprint density at radius 2 is 1.92 bits per heavy atom. The largest absolute Gasteiger partial charge is 0.488 e. The molecule has 4 rings (SSSR count). The van der Waals surface area contributed by atoms with E-state index in [1.165, 1.54) is 10.4 Å². The van der Waals surface area contributed by atoms with Crippen molar-refractivity contribution in [3.63, 3.8) is 0 Å². The first-order valence-corrected chi connectivity index (χ1v) is 14.4. The van der Waals surface area contributed by atoms with E-state index in [4.69, 9.17) is 4.74 Å². The van der Waals surface area contributed by atoms with Crippen molar-refractivity contribution in [2.45, 2.75) is 50.6 Å². The van der Waals surface area contributed by atoms with Crippen LogP contribution >= 0.6 is 11.3 Å². The fraction of sp³-hybridized carbons (Fsp3) is 0.370. The van der Waals surface area contributed by atoms with Gasteiger partial charge in [0.25, 0.3) is 0 Å². The van der Waals surface area contributed by atoms with Crippen molar-refractivity contribution in [3.05, 3.63) is 81.8 Å². The summed E-state index contributed by atoms with van der Waals surface area (Å²) >= 11 is 1.62. The van der Waals surface area contributed by atoms with Crippen molar-refractivity contribution in [1.82, 2.24) is 9.21 Å². The smallest absolute Gasteiger partial charge is 0.243 e. The minimum atomic E-state index is -3.88. The molecule has 2 aromatic carbocycles. The average molecular weight is 531 g/mol. The normalized spacial score (nSPS) is 16.6. The molecule has 36 heavy (non-hydrogen) atoms. The molecule has 1 aliphatic heterocycles. The maximum atomic E-state index is 14.2. The van der Waals surface area contributed by atoms with Gasteiger partial charge in [-0.05, 0) is 68.0 Å². The highest BCUT2D eigenvalue weighted by Crippen LogP contribution is 2.34. The second-order valence-electron chi connectivity index (χ2n) is 9.01. The average Bonchev–Trinajstić information content (AvgIpc) is 3.35. The second kappa shape index (κ2) is 11.1. The van der Waals surface area contributed by atoms with Gasteiger partial charge < -0.3 is 9.64 Å². The molecule has 9 heteroatoms. The van der Waals surface area contributed by atoms with Crippen LogP contribution in [0, 0.1) is 12.7 Å². The zero-order valence-electron chi connectivity index (χ0n) is 20.7. The van der Waals surface area contributed by atoms with Gasteiger partial charge in [0.05, 0.1) is 17.5 Å². The summed E-state index contributed by atoms with van der Waals surface area (Å²) in [6.07, 6.45) is 1.25. The minimum Gasteiger partial charge on any atom is -0.488 e. The summed E-state index contributed by atoms with van der Waals surface area (Å²) in [6.45, 7) is 5.84. The highest BCUT2D eigenvalue weighted by Gasteiger charge is 2.36. The Bertz CT molecular complexity index is 1310. The molecule has 0 spiro atoms. The number of ether oxygens (including phenoxy) is 1. The van der Waals surface area contributed by atoms with E-state index >= 15 is 0 Å². The molecule has 6 nitrogen and oxygen atoms in total. The van der Waals surface area contributed by atoms with E-state index in [0.29, 0.717) is 19.4 Å². The Balaban J connectivity index is 1.59. The van der Waals surface area contributed by atoms with Crippen LogP contribution in [0.1, 0.15) is 42.3 Å². The molecule has 0 unspecified atom stereocenters. The topological polar surface area (TPSA) is 66.9 Å². The van der Waals surface area contributed by atoms with E-state index in [9.17, 15) is 17.6 Å². The summed E-state index contributed by atoms with van der Waals surface area (Å²) in [4.78, 5) is 16.7. The first-order valence-electron chi connectivity index (χ1n) is 12.0. The molecule has 2 heterocycles. The third-order valence-electron chi connectivity index (χ3n) is 6.65. The number of hydrogen-bond acceptors (Lipinski definition) is 5. The number of amides is 1. The number of aryl methyl sites for hydroxylation is 1. The third-order valence-corrected chi connectivity index (χ3v) is 9.62. The zero-order chi connectivity index (χ0) is 25.9. The number of para-hydroxylation sites is 1. The lowest BCUT2D eigenvalue weighted by Crippen LogP contribution is -2.49. The first-order chi connectivity index (χ1) is 17.2. The number of rotatable bonds is 9. The van der Waals surface area contributed by atoms with Crippen LogP contribution in [0.5, 0.6) is 5.75 Å². The van der Waals surface area contributed by atoms with Crippen LogP contribution in [-0.4, -0.2) is 49.3 Å². The van der Waals surface area contributed by atoms with Crippen LogP contribution in [0.3, 0.4) is 0 Å². The number of thiophene rings is 1. The van der Waals surface area contributed by atoms with Crippen LogP contribution in [-0.2, 0) is 21.2 Å². The van der Waals surface area contributed by atoms with Gasteiger partial charge in [0.2, 0.25) is 15.9 Å². The van der Waals surface area contributed by atoms with Crippen molar-refractivity contribution >= 4 is 27.3 Å². The summed E-state index contributed by atoms with van der Waals surface area (Å²) in [7, 11) is -3.88. The van der Waals surface area contributed by atoms with Gasteiger partial charge >= 0.3 is 0 Å². The molecule has 0 bridgehead atoms. The minimum absolute atomic E-state index is 0.0739. The summed E-state index contributed by atoms with van der Waals surface area (Å²) in [5.74, 6) is -0.649. The Morgan fingerprint density at radius 1 is 1.19 bits per heavy atom. The molecule has 0 radical (unpaired) electrons. The van der Waals surface area contributed by atoms with Crippen molar-refractivity contribution in [1.29, 1.82) is 0 Å². The fourth-order valence-corrected chi connectivity index (χ4v) is 6.94. The number of benzene rings is 2. The molecule has 0 aliphatic carbocycles. The molecule has 0 saturated carbocycles. The summed E-state index contributed by atoms with van der Waals surface area (Å²) in [5, 5.41) is 1.97. The van der Waals surface area contributed by atoms with Gasteiger partial charge in [-0.2, -0.15) is 4.31 Å². The number of hydrogen-bond donors (Lipinski definition) is 0. The van der Waals surface area contributed by atoms with Gasteiger partial charge in [-0.25, -0.2) is 12.8 Å². The Morgan fingerprint density at radius 3 is 2.61 bits per heavy atom. The van der Waals surface area contributed by atoms with Crippen LogP contribution in [0.15, 0.2) is 64.9 Å². The molecule has 192 valence electrons. The van der Waals surface area contributed by atoms with Crippen LogP contribution in [0.2, 0.25) is 0 Å². The SMILES string of the molecule is CC[C@@H](C)N(CC(=O)N1CCc2sccc2[C@@H]1COc1ccccc1F)S(=O)(=O)c1ccc(C)cc1. The summed E-state index contributed by atoms with van der Waals surface area (Å²) in [5.41, 5.74) is 1.92. The monoisotopic (exact) mass is 530 g/mol. The van der Waals surface area contributed by atoms with E-state index in [2.05, 4.69) is 0 Å². The molecule has 1 aliphatic rings.